The lowest BCUT2D eigenvalue weighted by Gasteiger charge is -2.32. The second-order valence-corrected chi connectivity index (χ2v) is 8.22. The molecule has 0 fully saturated rings. The number of phenolic OH excluding ortho intramolecular Hbond substituents is 1. The van der Waals surface area contributed by atoms with Crippen molar-refractivity contribution in [1.82, 2.24) is 0 Å². The zero-order valence-corrected chi connectivity index (χ0v) is 21.3. The maximum atomic E-state index is 12.6. The summed E-state index contributed by atoms with van der Waals surface area (Å²) in [6.07, 6.45) is -0.283. The number of hydrogen-bond donors (Lipinski definition) is 1. The van der Waals surface area contributed by atoms with Gasteiger partial charge in [0, 0.05) is 20.6 Å². The van der Waals surface area contributed by atoms with Gasteiger partial charge in [-0.1, -0.05) is 0 Å². The molecule has 0 spiro atoms. The van der Waals surface area contributed by atoms with Gasteiger partial charge in [0.2, 0.25) is 11.5 Å². The van der Waals surface area contributed by atoms with Gasteiger partial charge in [-0.2, -0.15) is 0 Å². The van der Waals surface area contributed by atoms with Gasteiger partial charge in [0.05, 0.1) is 34.0 Å². The fraction of sp³-hybridized carbons (Fsp3) is 0.385. The number of ether oxygens (including phenoxy) is 7. The number of aromatic hydroxyl groups is 1. The van der Waals surface area contributed by atoms with E-state index in [1.165, 1.54) is 41.6 Å². The first kappa shape index (κ1) is 26.1. The number of carbonyl (C=O) groups is 1. The van der Waals surface area contributed by atoms with E-state index in [1.54, 1.807) is 25.3 Å². The van der Waals surface area contributed by atoms with Gasteiger partial charge in [0.15, 0.2) is 29.1 Å². The Labute approximate surface area is 212 Å². The molecule has 0 radical (unpaired) electrons. The Morgan fingerprint density at radius 3 is 2.32 bits per heavy atom. The van der Waals surface area contributed by atoms with Crippen LogP contribution >= 0.6 is 0 Å². The molecule has 0 saturated carbocycles. The van der Waals surface area contributed by atoms with Crippen LogP contribution in [0.15, 0.2) is 33.5 Å². The van der Waals surface area contributed by atoms with Crippen LogP contribution in [-0.4, -0.2) is 59.5 Å². The maximum Gasteiger partial charge on any atom is 0.374 e. The minimum absolute atomic E-state index is 0.00776. The third-order valence-corrected chi connectivity index (χ3v) is 6.47. The highest BCUT2D eigenvalue weighted by Gasteiger charge is 2.52. The summed E-state index contributed by atoms with van der Waals surface area (Å²) < 4.78 is 44.1. The summed E-state index contributed by atoms with van der Waals surface area (Å²) in [4.78, 5) is 24.6. The summed E-state index contributed by atoms with van der Waals surface area (Å²) in [6, 6.07) is 6.41. The quantitative estimate of drug-likeness (QED) is 0.420. The van der Waals surface area contributed by atoms with Crippen LogP contribution in [0.5, 0.6) is 28.7 Å². The molecule has 1 aliphatic heterocycles. The Morgan fingerprint density at radius 1 is 1.03 bits per heavy atom. The van der Waals surface area contributed by atoms with Gasteiger partial charge in [-0.15, -0.1) is 0 Å². The van der Waals surface area contributed by atoms with Gasteiger partial charge >= 0.3 is 11.6 Å². The lowest BCUT2D eigenvalue weighted by molar-refractivity contribution is -0.221. The van der Waals surface area contributed by atoms with Crippen molar-refractivity contribution in [2.24, 2.45) is 0 Å². The largest absolute Gasteiger partial charge is 0.504 e. The average molecular weight is 516 g/mol. The number of hydrogen-bond acceptors (Lipinski definition) is 11. The summed E-state index contributed by atoms with van der Waals surface area (Å²) in [6.45, 7) is 0. The highest BCUT2D eigenvalue weighted by atomic mass is 16.7. The summed E-state index contributed by atoms with van der Waals surface area (Å²) in [5.74, 6) is -1.27. The predicted octanol–water partition coefficient (Wildman–Crippen LogP) is 3.37. The fourth-order valence-corrected chi connectivity index (χ4v) is 4.70. The molecule has 4 rings (SSSR count). The van der Waals surface area contributed by atoms with Crippen molar-refractivity contribution in [2.75, 3.05) is 42.7 Å². The van der Waals surface area contributed by atoms with Gasteiger partial charge in [-0.3, -0.25) is 0 Å². The monoisotopic (exact) mass is 516 g/mol. The molecular weight excluding hydrogens is 488 g/mol. The van der Waals surface area contributed by atoms with Crippen molar-refractivity contribution in [3.63, 3.8) is 0 Å². The predicted molar refractivity (Wildman–Crippen MR) is 130 cm³/mol. The van der Waals surface area contributed by atoms with Crippen molar-refractivity contribution in [1.29, 1.82) is 0 Å². The van der Waals surface area contributed by atoms with Crippen molar-refractivity contribution >= 4 is 16.7 Å². The first-order valence-electron chi connectivity index (χ1n) is 11.3. The Bertz CT molecular complexity index is 1390. The molecular formula is C26H28O11. The number of aryl methyl sites for hydroxylation is 1. The van der Waals surface area contributed by atoms with Crippen LogP contribution in [0, 0.1) is 0 Å². The van der Waals surface area contributed by atoms with E-state index in [-0.39, 0.29) is 35.5 Å². The zero-order valence-electron chi connectivity index (χ0n) is 21.3. The van der Waals surface area contributed by atoms with E-state index in [2.05, 4.69) is 4.74 Å². The molecule has 0 saturated heterocycles. The van der Waals surface area contributed by atoms with E-state index >= 15 is 0 Å². The van der Waals surface area contributed by atoms with Gasteiger partial charge in [-0.05, 0) is 41.6 Å². The van der Waals surface area contributed by atoms with Crippen LogP contribution in [0.1, 0.15) is 34.2 Å². The number of methoxy groups -OCH3 is 6. The molecule has 0 aliphatic carbocycles. The molecule has 1 N–H and O–H groups in total. The number of phenols is 1. The van der Waals surface area contributed by atoms with E-state index in [9.17, 15) is 14.7 Å². The van der Waals surface area contributed by atoms with E-state index < -0.39 is 23.5 Å². The number of rotatable bonds is 9. The Morgan fingerprint density at radius 2 is 1.73 bits per heavy atom. The number of benzene rings is 2. The van der Waals surface area contributed by atoms with E-state index in [1.807, 2.05) is 0 Å². The Balaban J connectivity index is 1.78. The fourth-order valence-electron chi connectivity index (χ4n) is 4.70. The third-order valence-electron chi connectivity index (χ3n) is 6.47. The van der Waals surface area contributed by atoms with Gasteiger partial charge in [0.1, 0.15) is 11.1 Å². The lowest BCUT2D eigenvalue weighted by atomic mass is 9.94. The van der Waals surface area contributed by atoms with Crippen LogP contribution < -0.4 is 24.6 Å². The Kier molecular flexibility index (Phi) is 7.19. The topological polar surface area (TPSA) is 132 Å². The maximum absolute atomic E-state index is 12.6. The molecule has 1 aromatic heterocycles. The van der Waals surface area contributed by atoms with Crippen LogP contribution in [-0.2, 0) is 20.6 Å². The highest BCUT2D eigenvalue weighted by Crippen LogP contribution is 2.55. The molecule has 3 aromatic rings. The van der Waals surface area contributed by atoms with Crippen LogP contribution in [0.4, 0.5) is 0 Å². The van der Waals surface area contributed by atoms with Crippen molar-refractivity contribution < 1.29 is 47.5 Å². The minimum Gasteiger partial charge on any atom is -0.504 e. The van der Waals surface area contributed by atoms with E-state index in [0.717, 1.165) is 0 Å². The molecule has 1 aliphatic rings. The molecule has 11 heteroatoms. The van der Waals surface area contributed by atoms with Crippen LogP contribution in [0.2, 0.25) is 0 Å². The molecule has 37 heavy (non-hydrogen) atoms. The lowest BCUT2D eigenvalue weighted by Crippen LogP contribution is -2.41. The SMILES string of the molecule is COC(=O)c1cc2cc(CC[C@@]3(OC)Oc4c(OC)ccc(OC)c4[C@H]3OC)c(O)c(OC)c2c(=O)o1. The smallest absolute Gasteiger partial charge is 0.374 e. The number of esters is 1. The zero-order chi connectivity index (χ0) is 26.9. The second kappa shape index (κ2) is 10.2. The first-order chi connectivity index (χ1) is 17.8. The summed E-state index contributed by atoms with van der Waals surface area (Å²) in [5.41, 5.74) is 0.195. The normalized spacial score (nSPS) is 18.3. The average Bonchev–Trinajstić information content (AvgIpc) is 3.25. The molecule has 2 aromatic carbocycles. The molecule has 0 amide bonds. The molecule has 2 heterocycles. The van der Waals surface area contributed by atoms with Gasteiger partial charge < -0.3 is 42.7 Å². The summed E-state index contributed by atoms with van der Waals surface area (Å²) >= 11 is 0. The van der Waals surface area contributed by atoms with Crippen LogP contribution in [0.25, 0.3) is 10.8 Å². The molecule has 11 nitrogen and oxygen atoms in total. The summed E-state index contributed by atoms with van der Waals surface area (Å²) in [5, 5.41) is 11.3. The van der Waals surface area contributed by atoms with Crippen molar-refractivity contribution in [3.8, 4) is 28.7 Å². The highest BCUT2D eigenvalue weighted by molar-refractivity contribution is 5.95. The molecule has 2 atom stereocenters. The minimum atomic E-state index is -1.31. The first-order valence-corrected chi connectivity index (χ1v) is 11.3. The van der Waals surface area contributed by atoms with Gasteiger partial charge in [-0.25, -0.2) is 9.59 Å². The standard InChI is InChI=1S/C26H28O11/c1-30-15-7-8-16(31-2)21-19(15)23(33-4)26(35-6,37-21)10-9-13-11-14-12-17(24(28)34-5)36-25(29)18(14)22(32-3)20(13)27/h7-8,11-12,23,27H,9-10H2,1-6H3/t23-,26-/m1/s1. The second-order valence-electron chi connectivity index (χ2n) is 8.22. The third kappa shape index (κ3) is 4.19. The van der Waals surface area contributed by atoms with Crippen molar-refractivity contribution in [2.45, 2.75) is 24.7 Å². The van der Waals surface area contributed by atoms with E-state index in [0.29, 0.717) is 33.8 Å². The number of fused-ring (bicyclic) bond motifs is 2. The molecule has 198 valence electrons. The van der Waals surface area contributed by atoms with Crippen molar-refractivity contribution in [3.05, 3.63) is 51.6 Å². The summed E-state index contributed by atoms with van der Waals surface area (Å²) in [7, 11) is 8.58. The van der Waals surface area contributed by atoms with Crippen LogP contribution in [0.3, 0.4) is 0 Å². The Hall–Kier alpha value is -3.96. The van der Waals surface area contributed by atoms with Gasteiger partial charge in [0.25, 0.3) is 0 Å². The number of carbonyl (C=O) groups excluding carboxylic acids is 1. The molecule has 0 unspecified atom stereocenters. The molecule has 0 bridgehead atoms. The van der Waals surface area contributed by atoms with E-state index in [4.69, 9.17) is 32.8 Å².